The molecule has 16 rings (SSSR count). The molecule has 0 spiro atoms. The van der Waals surface area contributed by atoms with Gasteiger partial charge in [-0.2, -0.15) is 0 Å². The molecule has 0 saturated heterocycles. The van der Waals surface area contributed by atoms with E-state index in [1.54, 1.807) is 0 Å². The maximum atomic E-state index is 6.61. The summed E-state index contributed by atoms with van der Waals surface area (Å²) in [5.41, 5.74) is 16.2. The van der Waals surface area contributed by atoms with Crippen LogP contribution >= 0.6 is 11.3 Å². The van der Waals surface area contributed by atoms with Gasteiger partial charge in [0.2, 0.25) is 0 Å². The molecule has 5 aromatic heterocycles. The molecular formula is C69H40N4O2S. The van der Waals surface area contributed by atoms with E-state index in [4.69, 9.17) is 23.8 Å². The molecule has 0 aliphatic rings. The molecule has 0 saturated carbocycles. The summed E-state index contributed by atoms with van der Waals surface area (Å²) >= 11 is 1.84. The summed E-state index contributed by atoms with van der Waals surface area (Å²) in [6, 6.07) is 85.8. The van der Waals surface area contributed by atoms with Crippen LogP contribution in [0.15, 0.2) is 251 Å². The zero-order valence-electron chi connectivity index (χ0n) is 40.6. The van der Waals surface area contributed by atoms with Gasteiger partial charge in [0.05, 0.1) is 11.0 Å². The summed E-state index contributed by atoms with van der Waals surface area (Å²) in [6.45, 7) is 0. The van der Waals surface area contributed by atoms with Crippen molar-refractivity contribution < 1.29 is 8.83 Å². The van der Waals surface area contributed by atoms with Crippen molar-refractivity contribution in [2.24, 2.45) is 0 Å². The first-order valence-corrected chi connectivity index (χ1v) is 26.3. The molecule has 6 nitrogen and oxygen atoms in total. The van der Waals surface area contributed by atoms with Crippen LogP contribution in [0.3, 0.4) is 0 Å². The Hall–Kier alpha value is -9.95. The van der Waals surface area contributed by atoms with Crippen molar-refractivity contribution in [3.05, 3.63) is 243 Å². The van der Waals surface area contributed by atoms with Crippen LogP contribution < -0.4 is 0 Å². The van der Waals surface area contributed by atoms with E-state index in [0.29, 0.717) is 17.5 Å². The van der Waals surface area contributed by atoms with Crippen molar-refractivity contribution in [2.75, 3.05) is 0 Å². The quantitative estimate of drug-likeness (QED) is 0.159. The Kier molecular flexibility index (Phi) is 9.40. The molecular weight excluding hydrogens is 949 g/mol. The fourth-order valence-corrected chi connectivity index (χ4v) is 12.5. The van der Waals surface area contributed by atoms with E-state index in [0.717, 1.165) is 88.5 Å². The number of hydrogen-bond donors (Lipinski definition) is 0. The first-order valence-electron chi connectivity index (χ1n) is 25.5. The highest BCUT2D eigenvalue weighted by Gasteiger charge is 2.21. The Morgan fingerprint density at radius 2 is 0.816 bits per heavy atom. The minimum atomic E-state index is 0.553. The average molecular weight is 989 g/mol. The molecule has 0 amide bonds. The van der Waals surface area contributed by atoms with Gasteiger partial charge in [-0.25, -0.2) is 15.0 Å². The van der Waals surface area contributed by atoms with Gasteiger partial charge in [-0.15, -0.1) is 11.3 Å². The van der Waals surface area contributed by atoms with E-state index in [-0.39, 0.29) is 0 Å². The fourth-order valence-electron chi connectivity index (χ4n) is 11.4. The average Bonchev–Trinajstić information content (AvgIpc) is 4.31. The maximum absolute atomic E-state index is 6.61. The lowest BCUT2D eigenvalue weighted by Gasteiger charge is -2.09. The predicted octanol–water partition coefficient (Wildman–Crippen LogP) is 19.1. The molecule has 0 aliphatic heterocycles. The van der Waals surface area contributed by atoms with Crippen LogP contribution in [0.2, 0.25) is 0 Å². The number of aromatic nitrogens is 4. The predicted molar refractivity (Wildman–Crippen MR) is 314 cm³/mol. The summed E-state index contributed by atoms with van der Waals surface area (Å²) < 4.78 is 18.0. The highest BCUT2D eigenvalue weighted by Crippen LogP contribution is 2.43. The van der Waals surface area contributed by atoms with E-state index < -0.39 is 0 Å². The molecule has 0 bridgehead atoms. The lowest BCUT2D eigenvalue weighted by molar-refractivity contribution is 0.668. The second kappa shape index (κ2) is 16.8. The third kappa shape index (κ3) is 6.83. The summed E-state index contributed by atoms with van der Waals surface area (Å²) in [5, 5.41) is 9.02. The molecule has 0 aliphatic carbocycles. The highest BCUT2D eigenvalue weighted by molar-refractivity contribution is 7.25. The molecule has 5 heterocycles. The van der Waals surface area contributed by atoms with Gasteiger partial charge in [0.25, 0.3) is 0 Å². The zero-order chi connectivity index (χ0) is 49.8. The number of furan rings is 2. The summed E-state index contributed by atoms with van der Waals surface area (Å²) in [5.74, 6) is 1.69. The first-order chi connectivity index (χ1) is 37.6. The number of rotatable bonds is 7. The van der Waals surface area contributed by atoms with Crippen LogP contribution in [0, 0.1) is 0 Å². The molecule has 76 heavy (non-hydrogen) atoms. The van der Waals surface area contributed by atoms with Gasteiger partial charge in [0, 0.05) is 74.9 Å². The van der Waals surface area contributed by atoms with Crippen molar-refractivity contribution in [1.82, 2.24) is 19.5 Å². The van der Waals surface area contributed by atoms with Gasteiger partial charge < -0.3 is 13.4 Å². The standard InChI is InChI=1S/C69H40N4O2S/c1-4-13-41(14-5-1)43-25-31-60-54(36-43)51-29-23-48(40-63(51)75-60)68-70-67(42-15-6-2-7-16-42)71-69(72-68)52-20-12-22-62-66(52)57-39-45(26-32-61(57)74-62)47-28-34-65-56(38-47)55-37-46(27-33-64(55)76-65)44-24-30-59-53(35-44)50-19-10-11-21-58(50)73(59)49-17-8-3-9-18-49/h1-40H. The third-order valence-electron chi connectivity index (χ3n) is 15.1. The monoisotopic (exact) mass is 988 g/mol. The molecule has 16 aromatic rings. The molecule has 11 aromatic carbocycles. The zero-order valence-corrected chi connectivity index (χ0v) is 41.4. The molecule has 0 unspecified atom stereocenters. The number of para-hydroxylation sites is 2. The van der Waals surface area contributed by atoms with E-state index >= 15 is 0 Å². The molecule has 0 radical (unpaired) electrons. The molecule has 0 N–H and O–H groups in total. The number of thiophene rings is 1. The van der Waals surface area contributed by atoms with Crippen LogP contribution in [0.5, 0.6) is 0 Å². The summed E-state index contributed by atoms with van der Waals surface area (Å²) in [6.07, 6.45) is 0. The van der Waals surface area contributed by atoms with Gasteiger partial charge in [-0.1, -0.05) is 146 Å². The van der Waals surface area contributed by atoms with E-state index in [1.807, 2.05) is 65.9 Å². The first kappa shape index (κ1) is 42.5. The Labute approximate surface area is 439 Å². The number of benzene rings is 11. The second-order valence-electron chi connectivity index (χ2n) is 19.5. The smallest absolute Gasteiger partial charge is 0.164 e. The summed E-state index contributed by atoms with van der Waals surface area (Å²) in [4.78, 5) is 15.6. The normalized spacial score (nSPS) is 11.9. The van der Waals surface area contributed by atoms with E-state index in [1.165, 1.54) is 53.1 Å². The highest BCUT2D eigenvalue weighted by atomic mass is 32.1. The number of fused-ring (bicyclic) bond motifs is 12. The Morgan fingerprint density at radius 1 is 0.289 bits per heavy atom. The molecule has 354 valence electrons. The topological polar surface area (TPSA) is 69.9 Å². The minimum Gasteiger partial charge on any atom is -0.456 e. The van der Waals surface area contributed by atoms with Crippen LogP contribution in [-0.2, 0) is 0 Å². The van der Waals surface area contributed by atoms with Crippen molar-refractivity contribution >= 4 is 97.2 Å². The SMILES string of the molecule is c1ccc(-c2ccc3oc4cc(-c5nc(-c6ccccc6)nc(-c6cccc7oc8ccc(-c9ccc%10sc%11ccc(-c%12ccc%13c(c%12)c%12ccccc%12n%13-c%12ccccc%12)cc%11c%10c9)cc8c67)n5)ccc4c3c2)cc1. The van der Waals surface area contributed by atoms with Crippen LogP contribution in [0.1, 0.15) is 0 Å². The van der Waals surface area contributed by atoms with Crippen molar-refractivity contribution in [3.63, 3.8) is 0 Å². The van der Waals surface area contributed by atoms with Gasteiger partial charge in [0.15, 0.2) is 17.5 Å². The number of nitrogens with zero attached hydrogens (tertiary/aromatic N) is 4. The maximum Gasteiger partial charge on any atom is 0.164 e. The van der Waals surface area contributed by atoms with E-state index in [2.05, 4.69) is 193 Å². The van der Waals surface area contributed by atoms with Crippen molar-refractivity contribution in [3.8, 4) is 73.2 Å². The number of hydrogen-bond acceptors (Lipinski definition) is 6. The minimum absolute atomic E-state index is 0.553. The lowest BCUT2D eigenvalue weighted by Crippen LogP contribution is -2.00. The van der Waals surface area contributed by atoms with Gasteiger partial charge in [-0.3, -0.25) is 0 Å². The van der Waals surface area contributed by atoms with Crippen LogP contribution in [0.25, 0.3) is 159 Å². The molecule has 0 atom stereocenters. The Balaban J connectivity index is 0.795. The van der Waals surface area contributed by atoms with Crippen molar-refractivity contribution in [2.45, 2.75) is 0 Å². The summed E-state index contributed by atoms with van der Waals surface area (Å²) in [7, 11) is 0. The largest absolute Gasteiger partial charge is 0.456 e. The third-order valence-corrected chi connectivity index (χ3v) is 16.2. The van der Waals surface area contributed by atoms with Crippen molar-refractivity contribution in [1.29, 1.82) is 0 Å². The van der Waals surface area contributed by atoms with Crippen LogP contribution in [0.4, 0.5) is 0 Å². The Bertz CT molecular complexity index is 4990. The van der Waals surface area contributed by atoms with Gasteiger partial charge in [-0.05, 0) is 130 Å². The lowest BCUT2D eigenvalue weighted by atomic mass is 9.98. The molecule has 7 heteroatoms. The van der Waals surface area contributed by atoms with Gasteiger partial charge >= 0.3 is 0 Å². The fraction of sp³-hybridized carbons (Fsp3) is 0. The molecule has 0 fully saturated rings. The van der Waals surface area contributed by atoms with Gasteiger partial charge in [0.1, 0.15) is 22.3 Å². The van der Waals surface area contributed by atoms with E-state index in [9.17, 15) is 0 Å². The Morgan fingerprint density at radius 3 is 1.55 bits per heavy atom. The van der Waals surface area contributed by atoms with Crippen LogP contribution in [-0.4, -0.2) is 19.5 Å². The second-order valence-corrected chi connectivity index (χ2v) is 20.6.